The Kier molecular flexibility index (Phi) is 6.71. The molecular formula is C24H18FN3O4S2. The summed E-state index contributed by atoms with van der Waals surface area (Å²) >= 11 is 1.29. The normalized spacial score (nSPS) is 11.0. The summed E-state index contributed by atoms with van der Waals surface area (Å²) < 4.78 is 40.7. The Bertz CT molecular complexity index is 1440. The molecule has 1 heterocycles. The first-order chi connectivity index (χ1) is 16.3. The number of nitrogens with one attached hydrogen (secondary N) is 3. The van der Waals surface area contributed by atoms with Crippen LogP contribution in [0.25, 0.3) is 0 Å². The van der Waals surface area contributed by atoms with Crippen molar-refractivity contribution in [3.8, 4) is 0 Å². The Morgan fingerprint density at radius 2 is 1.53 bits per heavy atom. The quantitative estimate of drug-likeness (QED) is 0.328. The Labute approximate surface area is 199 Å². The maximum Gasteiger partial charge on any atom is 0.265 e. The molecule has 172 valence electrons. The van der Waals surface area contributed by atoms with E-state index in [0.717, 1.165) is 6.07 Å². The first kappa shape index (κ1) is 23.1. The molecule has 0 spiro atoms. The molecule has 34 heavy (non-hydrogen) atoms. The van der Waals surface area contributed by atoms with Crippen LogP contribution < -0.4 is 15.4 Å². The smallest absolute Gasteiger partial charge is 0.265 e. The van der Waals surface area contributed by atoms with Gasteiger partial charge in [-0.15, -0.1) is 11.3 Å². The number of carbonyl (C=O) groups is 2. The molecule has 0 atom stereocenters. The number of hydrogen-bond donors (Lipinski definition) is 3. The van der Waals surface area contributed by atoms with E-state index in [9.17, 15) is 22.4 Å². The van der Waals surface area contributed by atoms with Gasteiger partial charge in [0.1, 0.15) is 5.82 Å². The number of benzene rings is 3. The zero-order chi connectivity index (χ0) is 24.1. The molecule has 0 unspecified atom stereocenters. The standard InChI is InChI=1S/C24H18FN3O4S2/c25-16-5-3-6-18(15-16)28-34(31,32)19-12-10-17(11-13-19)26-23(29)20-7-1-2-8-21(20)27-24(30)22-9-4-14-33-22/h1-15,28H,(H,26,29)(H,27,30). The second-order valence-electron chi connectivity index (χ2n) is 7.07. The van der Waals surface area contributed by atoms with E-state index in [4.69, 9.17) is 0 Å². The largest absolute Gasteiger partial charge is 0.322 e. The second kappa shape index (κ2) is 9.86. The van der Waals surface area contributed by atoms with Gasteiger partial charge in [-0.1, -0.05) is 24.3 Å². The van der Waals surface area contributed by atoms with Gasteiger partial charge in [0.25, 0.3) is 21.8 Å². The van der Waals surface area contributed by atoms with Gasteiger partial charge in [0.05, 0.1) is 26.7 Å². The molecule has 4 aromatic rings. The Morgan fingerprint density at radius 1 is 0.765 bits per heavy atom. The lowest BCUT2D eigenvalue weighted by atomic mass is 10.1. The summed E-state index contributed by atoms with van der Waals surface area (Å²) in [5.41, 5.74) is 1.04. The SMILES string of the molecule is O=C(Nc1ccccc1C(=O)Nc1ccc(S(=O)(=O)Nc2cccc(F)c2)cc1)c1cccs1. The van der Waals surface area contributed by atoms with Gasteiger partial charge in [-0.3, -0.25) is 14.3 Å². The van der Waals surface area contributed by atoms with Gasteiger partial charge in [0.2, 0.25) is 0 Å². The van der Waals surface area contributed by atoms with Crippen molar-refractivity contribution in [2.24, 2.45) is 0 Å². The van der Waals surface area contributed by atoms with E-state index in [1.807, 2.05) is 0 Å². The predicted molar refractivity (Wildman–Crippen MR) is 130 cm³/mol. The highest BCUT2D eigenvalue weighted by Gasteiger charge is 2.17. The monoisotopic (exact) mass is 495 g/mol. The number of anilines is 3. The van der Waals surface area contributed by atoms with Crippen LogP contribution in [0.5, 0.6) is 0 Å². The molecule has 0 bridgehead atoms. The lowest BCUT2D eigenvalue weighted by Gasteiger charge is -2.12. The van der Waals surface area contributed by atoms with Crippen LogP contribution in [0.2, 0.25) is 0 Å². The van der Waals surface area contributed by atoms with Crippen molar-refractivity contribution in [2.75, 3.05) is 15.4 Å². The van der Waals surface area contributed by atoms with Crippen molar-refractivity contribution in [3.05, 3.63) is 107 Å². The highest BCUT2D eigenvalue weighted by molar-refractivity contribution is 7.92. The van der Waals surface area contributed by atoms with E-state index >= 15 is 0 Å². The summed E-state index contributed by atoms with van der Waals surface area (Å²) in [5, 5.41) is 7.20. The third-order valence-electron chi connectivity index (χ3n) is 4.66. The van der Waals surface area contributed by atoms with Crippen LogP contribution in [-0.4, -0.2) is 20.2 Å². The molecule has 3 N–H and O–H groups in total. The molecule has 1 aromatic heterocycles. The van der Waals surface area contributed by atoms with E-state index in [-0.39, 0.29) is 22.1 Å². The summed E-state index contributed by atoms with van der Waals surface area (Å²) in [7, 11) is -3.95. The van der Waals surface area contributed by atoms with Gasteiger partial charge in [0.15, 0.2) is 0 Å². The summed E-state index contributed by atoms with van der Waals surface area (Å²) in [6.45, 7) is 0. The molecule has 0 aliphatic heterocycles. The molecule has 0 radical (unpaired) electrons. The molecule has 2 amide bonds. The number of sulfonamides is 1. The number of amides is 2. The van der Waals surface area contributed by atoms with E-state index in [1.165, 1.54) is 53.8 Å². The van der Waals surface area contributed by atoms with Gasteiger partial charge in [0, 0.05) is 5.69 Å². The van der Waals surface area contributed by atoms with Crippen LogP contribution in [0.1, 0.15) is 20.0 Å². The summed E-state index contributed by atoms with van der Waals surface area (Å²) in [5.74, 6) is -1.36. The van der Waals surface area contributed by atoms with Crippen LogP contribution in [0.4, 0.5) is 21.5 Å². The molecule has 0 saturated carbocycles. The minimum atomic E-state index is -3.95. The van der Waals surface area contributed by atoms with Gasteiger partial charge in [-0.05, 0) is 66.0 Å². The Morgan fingerprint density at radius 3 is 2.24 bits per heavy atom. The lowest BCUT2D eigenvalue weighted by Crippen LogP contribution is -2.18. The fraction of sp³-hybridized carbons (Fsp3) is 0. The van der Waals surface area contributed by atoms with E-state index in [0.29, 0.717) is 16.3 Å². The van der Waals surface area contributed by atoms with Gasteiger partial charge >= 0.3 is 0 Å². The molecule has 10 heteroatoms. The number of carbonyl (C=O) groups excluding carboxylic acids is 2. The van der Waals surface area contributed by atoms with Crippen LogP contribution >= 0.6 is 11.3 Å². The zero-order valence-corrected chi connectivity index (χ0v) is 19.1. The Balaban J connectivity index is 1.47. The number of rotatable bonds is 7. The average molecular weight is 496 g/mol. The lowest BCUT2D eigenvalue weighted by molar-refractivity contribution is 0.102. The number of thiophene rings is 1. The zero-order valence-electron chi connectivity index (χ0n) is 17.5. The van der Waals surface area contributed by atoms with Crippen molar-refractivity contribution in [1.29, 1.82) is 0 Å². The highest BCUT2D eigenvalue weighted by atomic mass is 32.2. The molecule has 0 saturated heterocycles. The second-order valence-corrected chi connectivity index (χ2v) is 9.70. The maximum atomic E-state index is 13.3. The number of hydrogen-bond acceptors (Lipinski definition) is 5. The topological polar surface area (TPSA) is 104 Å². The molecular weight excluding hydrogens is 477 g/mol. The van der Waals surface area contributed by atoms with Crippen LogP contribution in [-0.2, 0) is 10.0 Å². The van der Waals surface area contributed by atoms with E-state index < -0.39 is 21.7 Å². The maximum absolute atomic E-state index is 13.3. The number of para-hydroxylation sites is 1. The van der Waals surface area contributed by atoms with Crippen LogP contribution in [0, 0.1) is 5.82 Å². The Hall–Kier alpha value is -4.02. The van der Waals surface area contributed by atoms with Crippen molar-refractivity contribution in [3.63, 3.8) is 0 Å². The third kappa shape index (κ3) is 5.48. The first-order valence-electron chi connectivity index (χ1n) is 9.95. The van der Waals surface area contributed by atoms with E-state index in [1.54, 1.807) is 41.8 Å². The third-order valence-corrected chi connectivity index (χ3v) is 6.93. The minimum absolute atomic E-state index is 0.0571. The molecule has 0 fully saturated rings. The van der Waals surface area contributed by atoms with Crippen molar-refractivity contribution in [2.45, 2.75) is 4.90 Å². The number of halogens is 1. The van der Waals surface area contributed by atoms with Gasteiger partial charge in [-0.2, -0.15) is 0 Å². The van der Waals surface area contributed by atoms with Gasteiger partial charge in [-0.25, -0.2) is 12.8 Å². The fourth-order valence-electron chi connectivity index (χ4n) is 3.06. The molecule has 0 aliphatic carbocycles. The van der Waals surface area contributed by atoms with Crippen LogP contribution in [0.15, 0.2) is 95.2 Å². The van der Waals surface area contributed by atoms with Crippen molar-refractivity contribution >= 4 is 50.2 Å². The average Bonchev–Trinajstić information content (AvgIpc) is 3.35. The van der Waals surface area contributed by atoms with Crippen molar-refractivity contribution < 1.29 is 22.4 Å². The minimum Gasteiger partial charge on any atom is -0.322 e. The molecule has 0 aliphatic rings. The summed E-state index contributed by atoms with van der Waals surface area (Å²) in [6.07, 6.45) is 0. The van der Waals surface area contributed by atoms with Crippen LogP contribution in [0.3, 0.4) is 0 Å². The first-order valence-corrected chi connectivity index (χ1v) is 12.3. The summed E-state index contributed by atoms with van der Waals surface area (Å²) in [4.78, 5) is 25.7. The predicted octanol–water partition coefficient (Wildman–Crippen LogP) is 5.19. The molecule has 3 aromatic carbocycles. The summed E-state index contributed by atoms with van der Waals surface area (Å²) in [6, 6.07) is 20.6. The highest BCUT2D eigenvalue weighted by Crippen LogP contribution is 2.22. The molecule has 4 rings (SSSR count). The van der Waals surface area contributed by atoms with E-state index in [2.05, 4.69) is 15.4 Å². The molecule has 7 nitrogen and oxygen atoms in total. The fourth-order valence-corrected chi connectivity index (χ4v) is 4.73. The van der Waals surface area contributed by atoms with Crippen molar-refractivity contribution in [1.82, 2.24) is 0 Å². The van der Waals surface area contributed by atoms with Gasteiger partial charge < -0.3 is 10.6 Å².